The summed E-state index contributed by atoms with van der Waals surface area (Å²) >= 11 is 0. The van der Waals surface area contributed by atoms with Gasteiger partial charge < -0.3 is 14.6 Å². The molecule has 0 spiro atoms. The van der Waals surface area contributed by atoms with Gasteiger partial charge in [-0.05, 0) is 12.5 Å². The number of ether oxygens (including phenoxy) is 2. The molecule has 0 aliphatic heterocycles. The van der Waals surface area contributed by atoms with Crippen LogP contribution in [0.5, 0.6) is 11.5 Å². The minimum absolute atomic E-state index is 0.534. The van der Waals surface area contributed by atoms with Crippen LogP contribution >= 0.6 is 0 Å². The van der Waals surface area contributed by atoms with Crippen molar-refractivity contribution in [1.29, 1.82) is 0 Å². The van der Waals surface area contributed by atoms with Gasteiger partial charge in [-0.3, -0.25) is 9.67 Å². The van der Waals surface area contributed by atoms with Gasteiger partial charge in [-0.1, -0.05) is 6.92 Å². The molecule has 1 unspecified atom stereocenters. The summed E-state index contributed by atoms with van der Waals surface area (Å²) in [5, 5.41) is 14.9. The predicted molar refractivity (Wildman–Crippen MR) is 73.9 cm³/mol. The van der Waals surface area contributed by atoms with Gasteiger partial charge in [-0.25, -0.2) is 0 Å². The van der Waals surface area contributed by atoms with Crippen LogP contribution in [0.3, 0.4) is 0 Å². The third-order valence-electron chi connectivity index (χ3n) is 3.09. The van der Waals surface area contributed by atoms with Crippen LogP contribution in [0, 0.1) is 0 Å². The molecule has 0 aliphatic rings. The number of pyridine rings is 1. The summed E-state index contributed by atoms with van der Waals surface area (Å²) in [4.78, 5) is 3.99. The average molecular weight is 277 g/mol. The van der Waals surface area contributed by atoms with E-state index in [4.69, 9.17) is 9.47 Å². The highest BCUT2D eigenvalue weighted by atomic mass is 16.5. The minimum Gasteiger partial charge on any atom is -0.495 e. The van der Waals surface area contributed by atoms with E-state index in [1.54, 1.807) is 43.6 Å². The van der Waals surface area contributed by atoms with E-state index in [9.17, 15) is 5.11 Å². The van der Waals surface area contributed by atoms with Gasteiger partial charge in [0.05, 0.1) is 26.6 Å². The summed E-state index contributed by atoms with van der Waals surface area (Å²) in [6, 6.07) is 1.73. The van der Waals surface area contributed by atoms with Crippen LogP contribution < -0.4 is 9.47 Å². The smallest absolute Gasteiger partial charge is 0.163 e. The van der Waals surface area contributed by atoms with E-state index in [0.29, 0.717) is 29.3 Å². The van der Waals surface area contributed by atoms with Crippen molar-refractivity contribution in [2.45, 2.75) is 26.0 Å². The first kappa shape index (κ1) is 14.3. The van der Waals surface area contributed by atoms with Crippen molar-refractivity contribution in [3.05, 3.63) is 35.9 Å². The maximum absolute atomic E-state index is 10.7. The molecule has 0 amide bonds. The number of aliphatic hydroxyl groups is 1. The number of aromatic nitrogens is 3. The fourth-order valence-electron chi connectivity index (χ4n) is 2.14. The van der Waals surface area contributed by atoms with Gasteiger partial charge in [0.25, 0.3) is 0 Å². The Morgan fingerprint density at radius 2 is 2.00 bits per heavy atom. The van der Waals surface area contributed by atoms with E-state index < -0.39 is 6.10 Å². The second kappa shape index (κ2) is 6.38. The first-order valence-corrected chi connectivity index (χ1v) is 6.48. The molecule has 0 aliphatic carbocycles. The molecular weight excluding hydrogens is 258 g/mol. The molecule has 2 heterocycles. The minimum atomic E-state index is -0.878. The molecular formula is C14H19N3O3. The average Bonchev–Trinajstić information content (AvgIpc) is 2.89. The topological polar surface area (TPSA) is 69.4 Å². The van der Waals surface area contributed by atoms with Crippen LogP contribution in [-0.2, 0) is 6.54 Å². The maximum atomic E-state index is 10.7. The monoisotopic (exact) mass is 277 g/mol. The van der Waals surface area contributed by atoms with Gasteiger partial charge in [0.1, 0.15) is 17.5 Å². The fourth-order valence-corrected chi connectivity index (χ4v) is 2.14. The predicted octanol–water partition coefficient (Wildman–Crippen LogP) is 1.79. The third kappa shape index (κ3) is 2.60. The Morgan fingerprint density at radius 1 is 1.25 bits per heavy atom. The van der Waals surface area contributed by atoms with Gasteiger partial charge >= 0.3 is 0 Å². The SMILES string of the molecule is CCCn1ncc(OC)c1C(O)c1ccncc1OC. The molecule has 0 saturated carbocycles. The normalized spacial score (nSPS) is 12.2. The van der Waals surface area contributed by atoms with Crippen LogP contribution in [0.15, 0.2) is 24.7 Å². The molecule has 6 heteroatoms. The summed E-state index contributed by atoms with van der Waals surface area (Å²) in [6.07, 6.45) is 4.84. The Kier molecular flexibility index (Phi) is 4.57. The van der Waals surface area contributed by atoms with Crippen LogP contribution in [0.4, 0.5) is 0 Å². The van der Waals surface area contributed by atoms with Crippen LogP contribution in [-0.4, -0.2) is 34.1 Å². The number of methoxy groups -OCH3 is 2. The zero-order chi connectivity index (χ0) is 14.5. The van der Waals surface area contributed by atoms with Crippen molar-refractivity contribution in [1.82, 2.24) is 14.8 Å². The first-order valence-electron chi connectivity index (χ1n) is 6.48. The lowest BCUT2D eigenvalue weighted by molar-refractivity contribution is 0.197. The molecule has 2 aromatic heterocycles. The van der Waals surface area contributed by atoms with Crippen LogP contribution in [0.2, 0.25) is 0 Å². The van der Waals surface area contributed by atoms with Crippen molar-refractivity contribution in [3.8, 4) is 11.5 Å². The lowest BCUT2D eigenvalue weighted by Gasteiger charge is -2.17. The molecule has 6 nitrogen and oxygen atoms in total. The quantitative estimate of drug-likeness (QED) is 0.871. The number of hydrogen-bond acceptors (Lipinski definition) is 5. The standard InChI is InChI=1S/C14H19N3O3/c1-4-7-17-13(12(20-3)9-16-17)14(18)10-5-6-15-8-11(10)19-2/h5-6,8-9,14,18H,4,7H2,1-3H3. The van der Waals surface area contributed by atoms with Gasteiger partial charge in [0, 0.05) is 18.3 Å². The van der Waals surface area contributed by atoms with Gasteiger partial charge in [0.15, 0.2) is 5.75 Å². The first-order chi connectivity index (χ1) is 9.72. The van der Waals surface area contributed by atoms with Crippen LogP contribution in [0.1, 0.15) is 30.7 Å². The van der Waals surface area contributed by atoms with E-state index in [1.165, 1.54) is 0 Å². The molecule has 0 aromatic carbocycles. The van der Waals surface area contributed by atoms with Crippen molar-refractivity contribution >= 4 is 0 Å². The Labute approximate surface area is 118 Å². The van der Waals surface area contributed by atoms with E-state index in [2.05, 4.69) is 17.0 Å². The fraction of sp³-hybridized carbons (Fsp3) is 0.429. The third-order valence-corrected chi connectivity index (χ3v) is 3.09. The zero-order valence-corrected chi connectivity index (χ0v) is 11.9. The molecule has 2 rings (SSSR count). The van der Waals surface area contributed by atoms with Crippen LogP contribution in [0.25, 0.3) is 0 Å². The number of aryl methyl sites for hydroxylation is 1. The second-order valence-corrected chi connectivity index (χ2v) is 4.34. The van der Waals surface area contributed by atoms with Gasteiger partial charge in [-0.2, -0.15) is 5.10 Å². The number of rotatable bonds is 6. The zero-order valence-electron chi connectivity index (χ0n) is 11.9. The van der Waals surface area contributed by atoms with Crippen molar-refractivity contribution in [2.75, 3.05) is 14.2 Å². The Morgan fingerprint density at radius 3 is 2.65 bits per heavy atom. The van der Waals surface area contributed by atoms with E-state index in [1.807, 2.05) is 0 Å². The van der Waals surface area contributed by atoms with E-state index >= 15 is 0 Å². The lowest BCUT2D eigenvalue weighted by atomic mass is 10.1. The molecule has 108 valence electrons. The number of nitrogens with zero attached hydrogens (tertiary/aromatic N) is 3. The molecule has 1 atom stereocenters. The number of aliphatic hydroxyl groups excluding tert-OH is 1. The summed E-state index contributed by atoms with van der Waals surface area (Å²) < 4.78 is 12.3. The molecule has 0 fully saturated rings. The molecule has 20 heavy (non-hydrogen) atoms. The molecule has 0 radical (unpaired) electrons. The van der Waals surface area contributed by atoms with E-state index in [-0.39, 0.29) is 0 Å². The van der Waals surface area contributed by atoms with Crippen molar-refractivity contribution < 1.29 is 14.6 Å². The van der Waals surface area contributed by atoms with Crippen molar-refractivity contribution in [3.63, 3.8) is 0 Å². The maximum Gasteiger partial charge on any atom is 0.163 e. The Balaban J connectivity index is 2.46. The largest absolute Gasteiger partial charge is 0.495 e. The summed E-state index contributed by atoms with van der Waals surface area (Å²) in [5.74, 6) is 1.09. The molecule has 2 aromatic rings. The lowest BCUT2D eigenvalue weighted by Crippen LogP contribution is -2.12. The summed E-state index contributed by atoms with van der Waals surface area (Å²) in [5.41, 5.74) is 1.26. The van der Waals surface area contributed by atoms with E-state index in [0.717, 1.165) is 6.42 Å². The summed E-state index contributed by atoms with van der Waals surface area (Å²) in [7, 11) is 3.11. The molecule has 1 N–H and O–H groups in total. The highest BCUT2D eigenvalue weighted by Crippen LogP contribution is 2.34. The Bertz CT molecular complexity index is 569. The second-order valence-electron chi connectivity index (χ2n) is 4.34. The summed E-state index contributed by atoms with van der Waals surface area (Å²) in [6.45, 7) is 2.76. The Hall–Kier alpha value is -2.08. The van der Waals surface area contributed by atoms with Gasteiger partial charge in [0.2, 0.25) is 0 Å². The molecule has 0 bridgehead atoms. The van der Waals surface area contributed by atoms with Crippen molar-refractivity contribution in [2.24, 2.45) is 0 Å². The highest BCUT2D eigenvalue weighted by Gasteiger charge is 2.24. The number of hydrogen-bond donors (Lipinski definition) is 1. The highest BCUT2D eigenvalue weighted by molar-refractivity contribution is 5.40. The molecule has 0 saturated heterocycles. The van der Waals surface area contributed by atoms with Gasteiger partial charge in [-0.15, -0.1) is 0 Å².